The van der Waals surface area contributed by atoms with Crippen molar-refractivity contribution in [2.24, 2.45) is 0 Å². The van der Waals surface area contributed by atoms with Crippen LogP contribution in [0.3, 0.4) is 0 Å². The highest BCUT2D eigenvalue weighted by Crippen LogP contribution is 2.16. The van der Waals surface area contributed by atoms with Crippen LogP contribution in [0.5, 0.6) is 0 Å². The molecular weight excluding hydrogens is 188 g/mol. The lowest BCUT2D eigenvalue weighted by Crippen LogP contribution is -2.52. The lowest BCUT2D eigenvalue weighted by molar-refractivity contribution is -0.124. The summed E-state index contributed by atoms with van der Waals surface area (Å²) >= 11 is 0. The SMILES string of the molecule is Cc1cccc(C2CNC(=O)C(C)N2)c1. The number of rotatable bonds is 1. The number of hydrogen-bond donors (Lipinski definition) is 2. The fourth-order valence-corrected chi connectivity index (χ4v) is 1.89. The average Bonchev–Trinajstić information content (AvgIpc) is 2.22. The van der Waals surface area contributed by atoms with E-state index < -0.39 is 0 Å². The van der Waals surface area contributed by atoms with Gasteiger partial charge in [-0.3, -0.25) is 10.1 Å². The van der Waals surface area contributed by atoms with Crippen molar-refractivity contribution in [2.45, 2.75) is 25.9 Å². The second-order valence-electron chi connectivity index (χ2n) is 4.10. The molecular formula is C12H16N2O. The lowest BCUT2D eigenvalue weighted by Gasteiger charge is -2.29. The van der Waals surface area contributed by atoms with Crippen molar-refractivity contribution in [3.8, 4) is 0 Å². The minimum atomic E-state index is -0.107. The molecule has 2 rings (SSSR count). The van der Waals surface area contributed by atoms with E-state index in [1.54, 1.807) is 0 Å². The molecule has 0 radical (unpaired) electrons. The molecule has 0 saturated carbocycles. The van der Waals surface area contributed by atoms with Gasteiger partial charge in [-0.1, -0.05) is 29.8 Å². The summed E-state index contributed by atoms with van der Waals surface area (Å²) in [4.78, 5) is 11.3. The van der Waals surface area contributed by atoms with Gasteiger partial charge in [0.1, 0.15) is 0 Å². The average molecular weight is 204 g/mol. The molecule has 0 bridgehead atoms. The van der Waals surface area contributed by atoms with Gasteiger partial charge in [0.25, 0.3) is 0 Å². The topological polar surface area (TPSA) is 41.1 Å². The predicted molar refractivity (Wildman–Crippen MR) is 59.5 cm³/mol. The summed E-state index contributed by atoms with van der Waals surface area (Å²) in [5, 5.41) is 6.20. The fourth-order valence-electron chi connectivity index (χ4n) is 1.89. The van der Waals surface area contributed by atoms with Crippen molar-refractivity contribution < 1.29 is 4.79 Å². The van der Waals surface area contributed by atoms with Gasteiger partial charge < -0.3 is 5.32 Å². The van der Waals surface area contributed by atoms with Crippen LogP contribution < -0.4 is 10.6 Å². The molecule has 2 unspecified atom stereocenters. The lowest BCUT2D eigenvalue weighted by atomic mass is 10.0. The maximum absolute atomic E-state index is 11.3. The zero-order valence-corrected chi connectivity index (χ0v) is 9.08. The molecule has 15 heavy (non-hydrogen) atoms. The van der Waals surface area contributed by atoms with Crippen LogP contribution in [-0.2, 0) is 4.79 Å². The number of aryl methyl sites for hydroxylation is 1. The Bertz CT molecular complexity index is 376. The highest BCUT2D eigenvalue weighted by Gasteiger charge is 2.24. The Morgan fingerprint density at radius 1 is 1.40 bits per heavy atom. The molecule has 1 heterocycles. The van der Waals surface area contributed by atoms with Gasteiger partial charge >= 0.3 is 0 Å². The summed E-state index contributed by atoms with van der Waals surface area (Å²) in [6.45, 7) is 4.64. The summed E-state index contributed by atoms with van der Waals surface area (Å²) in [5.41, 5.74) is 2.49. The van der Waals surface area contributed by atoms with Crippen LogP contribution in [0.2, 0.25) is 0 Å². The largest absolute Gasteiger partial charge is 0.353 e. The Kier molecular flexibility index (Phi) is 2.73. The molecule has 2 N–H and O–H groups in total. The second kappa shape index (κ2) is 4.03. The number of nitrogens with one attached hydrogen (secondary N) is 2. The van der Waals surface area contributed by atoms with E-state index >= 15 is 0 Å². The van der Waals surface area contributed by atoms with E-state index in [0.29, 0.717) is 6.54 Å². The first-order valence-electron chi connectivity index (χ1n) is 5.27. The molecule has 1 amide bonds. The van der Waals surface area contributed by atoms with E-state index in [-0.39, 0.29) is 18.0 Å². The van der Waals surface area contributed by atoms with Gasteiger partial charge in [0, 0.05) is 6.54 Å². The smallest absolute Gasteiger partial charge is 0.236 e. The Labute approximate surface area is 89.9 Å². The Morgan fingerprint density at radius 2 is 2.20 bits per heavy atom. The zero-order chi connectivity index (χ0) is 10.8. The number of piperazine rings is 1. The molecule has 2 atom stereocenters. The molecule has 3 nitrogen and oxygen atoms in total. The van der Waals surface area contributed by atoms with Gasteiger partial charge in [0.15, 0.2) is 0 Å². The third-order valence-electron chi connectivity index (χ3n) is 2.77. The number of benzene rings is 1. The van der Waals surface area contributed by atoms with Crippen LogP contribution in [0.25, 0.3) is 0 Å². The molecule has 80 valence electrons. The first-order chi connectivity index (χ1) is 7.16. The summed E-state index contributed by atoms with van der Waals surface area (Å²) in [6, 6.07) is 8.50. The highest BCUT2D eigenvalue weighted by atomic mass is 16.2. The normalized spacial score (nSPS) is 26.1. The van der Waals surface area contributed by atoms with Crippen molar-refractivity contribution >= 4 is 5.91 Å². The van der Waals surface area contributed by atoms with Crippen molar-refractivity contribution in [1.82, 2.24) is 10.6 Å². The van der Waals surface area contributed by atoms with Gasteiger partial charge in [0.2, 0.25) is 5.91 Å². The van der Waals surface area contributed by atoms with Crippen molar-refractivity contribution in [3.05, 3.63) is 35.4 Å². The standard InChI is InChI=1S/C12H16N2O/c1-8-4-3-5-10(6-8)11-7-13-12(15)9(2)14-11/h3-6,9,11,14H,7H2,1-2H3,(H,13,15). The van der Waals surface area contributed by atoms with Crippen LogP contribution >= 0.6 is 0 Å². The van der Waals surface area contributed by atoms with E-state index in [9.17, 15) is 4.79 Å². The maximum atomic E-state index is 11.3. The van der Waals surface area contributed by atoms with Crippen LogP contribution in [0, 0.1) is 6.92 Å². The fraction of sp³-hybridized carbons (Fsp3) is 0.417. The van der Waals surface area contributed by atoms with E-state index in [0.717, 1.165) is 0 Å². The molecule has 1 fully saturated rings. The van der Waals surface area contributed by atoms with Gasteiger partial charge in [-0.05, 0) is 19.4 Å². The quantitative estimate of drug-likeness (QED) is 0.720. The third kappa shape index (κ3) is 2.18. The van der Waals surface area contributed by atoms with E-state index in [1.165, 1.54) is 11.1 Å². The second-order valence-corrected chi connectivity index (χ2v) is 4.10. The molecule has 0 aromatic heterocycles. The summed E-state index contributed by atoms with van der Waals surface area (Å²) in [7, 11) is 0. The molecule has 3 heteroatoms. The molecule has 0 aliphatic carbocycles. The van der Waals surface area contributed by atoms with E-state index in [4.69, 9.17) is 0 Å². The summed E-state index contributed by atoms with van der Waals surface area (Å²) in [5.74, 6) is 0.0823. The minimum absolute atomic E-state index is 0.0823. The number of amides is 1. The van der Waals surface area contributed by atoms with Crippen LogP contribution in [0.15, 0.2) is 24.3 Å². The maximum Gasteiger partial charge on any atom is 0.236 e. The first kappa shape index (κ1) is 10.2. The van der Waals surface area contributed by atoms with Gasteiger partial charge in [-0.15, -0.1) is 0 Å². The Hall–Kier alpha value is -1.35. The van der Waals surface area contributed by atoms with E-state index in [2.05, 4.69) is 35.8 Å². The highest BCUT2D eigenvalue weighted by molar-refractivity contribution is 5.82. The van der Waals surface area contributed by atoms with E-state index in [1.807, 2.05) is 13.0 Å². The zero-order valence-electron chi connectivity index (χ0n) is 9.08. The van der Waals surface area contributed by atoms with Crippen LogP contribution in [0.1, 0.15) is 24.1 Å². The third-order valence-corrected chi connectivity index (χ3v) is 2.77. The molecule has 1 saturated heterocycles. The Balaban J connectivity index is 2.15. The monoisotopic (exact) mass is 204 g/mol. The van der Waals surface area contributed by atoms with Gasteiger partial charge in [0.05, 0.1) is 12.1 Å². The van der Waals surface area contributed by atoms with Crippen molar-refractivity contribution in [1.29, 1.82) is 0 Å². The van der Waals surface area contributed by atoms with Crippen molar-refractivity contribution in [3.63, 3.8) is 0 Å². The summed E-state index contributed by atoms with van der Waals surface area (Å²) < 4.78 is 0. The molecule has 1 aromatic carbocycles. The minimum Gasteiger partial charge on any atom is -0.353 e. The van der Waals surface area contributed by atoms with Crippen LogP contribution in [0.4, 0.5) is 0 Å². The molecule has 1 aliphatic heterocycles. The van der Waals surface area contributed by atoms with Crippen LogP contribution in [-0.4, -0.2) is 18.5 Å². The number of carbonyl (C=O) groups is 1. The molecule has 1 aliphatic rings. The number of hydrogen-bond acceptors (Lipinski definition) is 2. The predicted octanol–water partition coefficient (Wildman–Crippen LogP) is 1.14. The Morgan fingerprint density at radius 3 is 2.87 bits per heavy atom. The van der Waals surface area contributed by atoms with Crippen molar-refractivity contribution in [2.75, 3.05) is 6.54 Å². The summed E-state index contributed by atoms with van der Waals surface area (Å²) in [6.07, 6.45) is 0. The molecule has 1 aromatic rings. The number of carbonyl (C=O) groups excluding carboxylic acids is 1. The van der Waals surface area contributed by atoms with Gasteiger partial charge in [-0.2, -0.15) is 0 Å². The first-order valence-corrected chi connectivity index (χ1v) is 5.27. The molecule has 0 spiro atoms. The van der Waals surface area contributed by atoms with Gasteiger partial charge in [-0.25, -0.2) is 0 Å².